The monoisotopic (exact) mass is 272 g/mol. The van der Waals surface area contributed by atoms with E-state index < -0.39 is 0 Å². The summed E-state index contributed by atoms with van der Waals surface area (Å²) in [5, 5.41) is 25.2. The second-order valence-electron chi connectivity index (χ2n) is 5.54. The summed E-state index contributed by atoms with van der Waals surface area (Å²) in [5.41, 5.74) is 2.17. The number of aromatic nitrogens is 5. The first kappa shape index (κ1) is 12.7. The molecule has 0 fully saturated rings. The van der Waals surface area contributed by atoms with Crippen LogP contribution in [0.1, 0.15) is 32.1 Å². The molecule has 0 aromatic carbocycles. The van der Waals surface area contributed by atoms with Gasteiger partial charge in [-0.15, -0.1) is 5.10 Å². The molecule has 0 atom stereocenters. The topological polar surface area (TPSA) is 89.3 Å². The van der Waals surface area contributed by atoms with Crippen LogP contribution in [0.2, 0.25) is 0 Å². The molecular weight excluding hydrogens is 258 g/mol. The minimum absolute atomic E-state index is 0.0951. The molecule has 3 heterocycles. The molecule has 0 aliphatic carbocycles. The van der Waals surface area contributed by atoms with Gasteiger partial charge in [-0.25, -0.2) is 4.52 Å². The Morgan fingerprint density at radius 1 is 1.40 bits per heavy atom. The maximum atomic E-state index is 9.02. The molecule has 0 unspecified atom stereocenters. The summed E-state index contributed by atoms with van der Waals surface area (Å²) in [6.07, 6.45) is 4.66. The highest BCUT2D eigenvalue weighted by Gasteiger charge is 2.22. The van der Waals surface area contributed by atoms with Gasteiger partial charge in [0, 0.05) is 11.6 Å². The van der Waals surface area contributed by atoms with E-state index in [1.54, 1.807) is 16.8 Å². The molecule has 0 aliphatic rings. The predicted molar refractivity (Wildman–Crippen MR) is 69.7 cm³/mol. The summed E-state index contributed by atoms with van der Waals surface area (Å²) >= 11 is 0. The van der Waals surface area contributed by atoms with Crippen molar-refractivity contribution in [1.82, 2.24) is 25.0 Å². The van der Waals surface area contributed by atoms with E-state index in [9.17, 15) is 0 Å². The third-order valence-corrected chi connectivity index (χ3v) is 2.97. The molecule has 20 heavy (non-hydrogen) atoms. The summed E-state index contributed by atoms with van der Waals surface area (Å²) in [6, 6.07) is 1.61. The van der Waals surface area contributed by atoms with Crippen LogP contribution < -0.4 is 0 Å². The van der Waals surface area contributed by atoms with Gasteiger partial charge in [-0.2, -0.15) is 10.2 Å². The molecule has 3 rings (SSSR count). The molecule has 0 saturated heterocycles. The average Bonchev–Trinajstić information content (AvgIpc) is 3.04. The molecule has 1 radical (unpaired) electrons. The van der Waals surface area contributed by atoms with Crippen LogP contribution >= 0.6 is 0 Å². The fraction of sp³-hybridized carbons (Fsp3) is 0.385. The smallest absolute Gasteiger partial charge is 0.205 e. The molecule has 0 spiro atoms. The molecule has 0 saturated carbocycles. The van der Waals surface area contributed by atoms with Gasteiger partial charge >= 0.3 is 0 Å². The van der Waals surface area contributed by atoms with Crippen LogP contribution in [0.5, 0.6) is 0 Å². The van der Waals surface area contributed by atoms with Crippen molar-refractivity contribution in [3.63, 3.8) is 0 Å². The van der Waals surface area contributed by atoms with Crippen molar-refractivity contribution in [2.24, 2.45) is 0 Å². The lowest BCUT2D eigenvalue weighted by Gasteiger charge is -2.15. The standard InChI is InChI=1S/C13H14N5O2/c1-13(2,3)9-5-15-18-11(9)6-14-16-12(18)10-4-8(7-19)20-17-10/h4,6,19H,7H2,1-3H3. The van der Waals surface area contributed by atoms with Crippen LogP contribution in [0.15, 0.2) is 16.8 Å². The van der Waals surface area contributed by atoms with Gasteiger partial charge in [0.15, 0.2) is 11.5 Å². The largest absolute Gasteiger partial charge is 0.388 e. The van der Waals surface area contributed by atoms with E-state index in [0.717, 1.165) is 11.1 Å². The highest BCUT2D eigenvalue weighted by atomic mass is 16.5. The maximum absolute atomic E-state index is 9.02. The first-order chi connectivity index (χ1) is 9.50. The van der Waals surface area contributed by atoms with Gasteiger partial charge in [-0.3, -0.25) is 0 Å². The zero-order valence-electron chi connectivity index (χ0n) is 11.5. The minimum atomic E-state index is -0.213. The van der Waals surface area contributed by atoms with Gasteiger partial charge in [0.25, 0.3) is 0 Å². The number of hydrogen-bond acceptors (Lipinski definition) is 6. The van der Waals surface area contributed by atoms with Gasteiger partial charge in [0.05, 0.1) is 11.7 Å². The molecule has 3 aromatic rings. The number of nitrogens with zero attached hydrogens (tertiary/aromatic N) is 5. The lowest BCUT2D eigenvalue weighted by molar-refractivity contribution is 0.229. The Kier molecular flexibility index (Phi) is 2.79. The fourth-order valence-corrected chi connectivity index (χ4v) is 1.98. The molecule has 7 heteroatoms. The van der Waals surface area contributed by atoms with Gasteiger partial charge in [-0.05, 0) is 5.41 Å². The van der Waals surface area contributed by atoms with E-state index in [4.69, 9.17) is 9.63 Å². The molecule has 0 bridgehead atoms. The van der Waals surface area contributed by atoms with Gasteiger partial charge < -0.3 is 9.63 Å². The predicted octanol–water partition coefficient (Wildman–Crippen LogP) is 1.37. The highest BCUT2D eigenvalue weighted by Crippen LogP contribution is 2.27. The Hall–Kier alpha value is -2.28. The first-order valence-electron chi connectivity index (χ1n) is 6.20. The summed E-state index contributed by atoms with van der Waals surface area (Å²) < 4.78 is 6.60. The van der Waals surface area contributed by atoms with Crippen molar-refractivity contribution in [2.75, 3.05) is 0 Å². The highest BCUT2D eigenvalue weighted by molar-refractivity contribution is 5.60. The van der Waals surface area contributed by atoms with Crippen molar-refractivity contribution in [3.05, 3.63) is 29.8 Å². The first-order valence-corrected chi connectivity index (χ1v) is 6.20. The number of rotatable bonds is 2. The van der Waals surface area contributed by atoms with Crippen molar-refractivity contribution >= 4 is 5.52 Å². The lowest BCUT2D eigenvalue weighted by Crippen LogP contribution is -2.11. The van der Waals surface area contributed by atoms with Gasteiger partial charge in [-0.1, -0.05) is 25.9 Å². The number of aliphatic hydroxyl groups is 1. The van der Waals surface area contributed by atoms with E-state index in [-0.39, 0.29) is 12.0 Å². The Labute approximate surface area is 115 Å². The Morgan fingerprint density at radius 3 is 2.85 bits per heavy atom. The van der Waals surface area contributed by atoms with Crippen LogP contribution in [-0.2, 0) is 12.0 Å². The normalized spacial score (nSPS) is 12.2. The Bertz CT molecular complexity index is 754. The minimum Gasteiger partial charge on any atom is -0.388 e. The summed E-state index contributed by atoms with van der Waals surface area (Å²) in [4.78, 5) is 0. The molecule has 0 amide bonds. The number of hydrogen-bond donors (Lipinski definition) is 1. The summed E-state index contributed by atoms with van der Waals surface area (Å²) in [7, 11) is 0. The molecule has 7 nitrogen and oxygen atoms in total. The SMILES string of the molecule is CC(C)(C)c1[c]nn2c(-c3cc(CO)on3)nncc12. The average molecular weight is 272 g/mol. The maximum Gasteiger partial charge on any atom is 0.205 e. The van der Waals surface area contributed by atoms with Crippen LogP contribution in [0.4, 0.5) is 0 Å². The molecule has 103 valence electrons. The lowest BCUT2D eigenvalue weighted by atomic mass is 9.88. The summed E-state index contributed by atoms with van der Waals surface area (Å²) in [5.74, 6) is 0.823. The zero-order chi connectivity index (χ0) is 14.3. The van der Waals surface area contributed by atoms with E-state index in [2.05, 4.69) is 47.4 Å². The van der Waals surface area contributed by atoms with Crippen LogP contribution in [0.25, 0.3) is 17.0 Å². The number of aliphatic hydroxyl groups excluding tert-OH is 1. The van der Waals surface area contributed by atoms with Crippen LogP contribution in [0.3, 0.4) is 0 Å². The van der Waals surface area contributed by atoms with E-state index in [0.29, 0.717) is 17.3 Å². The van der Waals surface area contributed by atoms with Gasteiger partial charge in [0.1, 0.15) is 12.8 Å². The van der Waals surface area contributed by atoms with E-state index >= 15 is 0 Å². The molecule has 0 aliphatic heterocycles. The fourth-order valence-electron chi connectivity index (χ4n) is 1.98. The third kappa shape index (κ3) is 1.96. The Morgan fingerprint density at radius 2 is 2.20 bits per heavy atom. The van der Waals surface area contributed by atoms with Crippen molar-refractivity contribution in [3.8, 4) is 11.5 Å². The van der Waals surface area contributed by atoms with Crippen LogP contribution in [0, 0.1) is 6.20 Å². The quantitative estimate of drug-likeness (QED) is 0.757. The zero-order valence-corrected chi connectivity index (χ0v) is 11.5. The molecular formula is C13H14N5O2. The van der Waals surface area contributed by atoms with Gasteiger partial charge in [0.2, 0.25) is 5.82 Å². The third-order valence-electron chi connectivity index (χ3n) is 2.97. The number of fused-ring (bicyclic) bond motifs is 1. The Balaban J connectivity index is 2.20. The molecule has 1 N–H and O–H groups in total. The second kappa shape index (κ2) is 4.38. The van der Waals surface area contributed by atoms with Crippen molar-refractivity contribution in [1.29, 1.82) is 0 Å². The van der Waals surface area contributed by atoms with Crippen molar-refractivity contribution in [2.45, 2.75) is 32.8 Å². The van der Waals surface area contributed by atoms with Crippen LogP contribution in [-0.4, -0.2) is 30.1 Å². The van der Waals surface area contributed by atoms with E-state index in [1.165, 1.54) is 0 Å². The van der Waals surface area contributed by atoms with E-state index in [1.807, 2.05) is 0 Å². The second-order valence-corrected chi connectivity index (χ2v) is 5.54. The van der Waals surface area contributed by atoms with Crippen molar-refractivity contribution < 1.29 is 9.63 Å². The molecule has 3 aromatic heterocycles. The summed E-state index contributed by atoms with van der Waals surface area (Å²) in [6.45, 7) is 6.04.